The van der Waals surface area contributed by atoms with Gasteiger partial charge < -0.3 is 15.1 Å². The van der Waals surface area contributed by atoms with Gasteiger partial charge in [0.25, 0.3) is 5.91 Å². The first kappa shape index (κ1) is 23.3. The van der Waals surface area contributed by atoms with Crippen molar-refractivity contribution in [3.8, 4) is 0 Å². The Kier molecular flexibility index (Phi) is 7.19. The molecule has 2 aromatic heterocycles. The SMILES string of the molecule is CCN(CC)c1cc2c(c(CNC)n1)CN(c1cccc(C(=N)N(C=N)C(C)C)n1)C2=O. The summed E-state index contributed by atoms with van der Waals surface area (Å²) in [6, 6.07) is 7.13. The van der Waals surface area contributed by atoms with Gasteiger partial charge in [-0.2, -0.15) is 0 Å². The summed E-state index contributed by atoms with van der Waals surface area (Å²) in [7, 11) is 1.87. The Bertz CT molecular complexity index is 1020. The van der Waals surface area contributed by atoms with Gasteiger partial charge in [0.1, 0.15) is 17.3 Å². The van der Waals surface area contributed by atoms with Gasteiger partial charge in [-0.25, -0.2) is 9.97 Å². The number of carbonyl (C=O) groups is 1. The molecule has 1 aliphatic rings. The Hall–Kier alpha value is -3.33. The number of fused-ring (bicyclic) bond motifs is 1. The van der Waals surface area contributed by atoms with E-state index in [9.17, 15) is 4.79 Å². The van der Waals surface area contributed by atoms with Crippen LogP contribution in [0.5, 0.6) is 0 Å². The van der Waals surface area contributed by atoms with Gasteiger partial charge in [-0.15, -0.1) is 0 Å². The average Bonchev–Trinajstić information content (AvgIpc) is 3.12. The second kappa shape index (κ2) is 9.86. The summed E-state index contributed by atoms with van der Waals surface area (Å²) in [6.07, 6.45) is 1.13. The normalized spacial score (nSPS) is 12.8. The third-order valence-corrected chi connectivity index (χ3v) is 5.63. The van der Waals surface area contributed by atoms with Crippen LogP contribution in [0, 0.1) is 10.8 Å². The van der Waals surface area contributed by atoms with E-state index in [1.807, 2.05) is 27.0 Å². The van der Waals surface area contributed by atoms with Gasteiger partial charge in [-0.05, 0) is 52.9 Å². The molecule has 9 heteroatoms. The molecule has 0 aromatic carbocycles. The van der Waals surface area contributed by atoms with Crippen LogP contribution >= 0.6 is 0 Å². The molecule has 0 saturated carbocycles. The molecular weight excluding hydrogens is 404 g/mol. The van der Waals surface area contributed by atoms with E-state index in [4.69, 9.17) is 15.8 Å². The zero-order chi connectivity index (χ0) is 23.4. The van der Waals surface area contributed by atoms with E-state index in [2.05, 4.69) is 29.0 Å². The van der Waals surface area contributed by atoms with Crippen LogP contribution in [-0.4, -0.2) is 59.1 Å². The number of aromatic nitrogens is 2. The lowest BCUT2D eigenvalue weighted by atomic mass is 10.1. The lowest BCUT2D eigenvalue weighted by Gasteiger charge is -2.24. The van der Waals surface area contributed by atoms with Crippen molar-refractivity contribution in [3.05, 3.63) is 46.8 Å². The van der Waals surface area contributed by atoms with Crippen LogP contribution in [-0.2, 0) is 13.1 Å². The molecule has 9 nitrogen and oxygen atoms in total. The number of pyridine rings is 2. The fourth-order valence-electron chi connectivity index (χ4n) is 3.87. The van der Waals surface area contributed by atoms with E-state index >= 15 is 0 Å². The fraction of sp³-hybridized carbons (Fsp3) is 0.435. The molecule has 0 atom stereocenters. The van der Waals surface area contributed by atoms with Crippen LogP contribution in [0.1, 0.15) is 55.0 Å². The van der Waals surface area contributed by atoms with E-state index < -0.39 is 0 Å². The Balaban J connectivity index is 1.99. The van der Waals surface area contributed by atoms with Crippen LogP contribution in [0.25, 0.3) is 0 Å². The number of amides is 1. The minimum atomic E-state index is -0.114. The molecule has 3 rings (SSSR count). The molecule has 0 aliphatic carbocycles. The van der Waals surface area contributed by atoms with Crippen LogP contribution in [0.4, 0.5) is 11.6 Å². The maximum absolute atomic E-state index is 13.4. The number of amidine groups is 1. The highest BCUT2D eigenvalue weighted by Crippen LogP contribution is 2.31. The van der Waals surface area contributed by atoms with Gasteiger partial charge in [-0.1, -0.05) is 6.07 Å². The number of hydrogen-bond donors (Lipinski definition) is 3. The van der Waals surface area contributed by atoms with Crippen molar-refractivity contribution in [1.82, 2.24) is 20.2 Å². The molecule has 1 aliphatic heterocycles. The number of anilines is 2. The van der Waals surface area contributed by atoms with Gasteiger partial charge in [0, 0.05) is 31.2 Å². The van der Waals surface area contributed by atoms with Crippen molar-refractivity contribution in [3.63, 3.8) is 0 Å². The zero-order valence-corrected chi connectivity index (χ0v) is 19.4. The monoisotopic (exact) mass is 436 g/mol. The Morgan fingerprint density at radius 1 is 1.28 bits per heavy atom. The molecule has 0 fully saturated rings. The van der Waals surface area contributed by atoms with Gasteiger partial charge in [-0.3, -0.25) is 20.5 Å². The van der Waals surface area contributed by atoms with Crippen molar-refractivity contribution in [2.45, 2.75) is 46.8 Å². The first-order valence-electron chi connectivity index (χ1n) is 10.9. The molecule has 170 valence electrons. The maximum atomic E-state index is 13.4. The molecular formula is C23H32N8O. The highest BCUT2D eigenvalue weighted by Gasteiger charge is 2.33. The first-order valence-corrected chi connectivity index (χ1v) is 10.9. The zero-order valence-electron chi connectivity index (χ0n) is 19.4. The molecule has 0 saturated heterocycles. The lowest BCUT2D eigenvalue weighted by Crippen LogP contribution is -2.36. The summed E-state index contributed by atoms with van der Waals surface area (Å²) >= 11 is 0. The summed E-state index contributed by atoms with van der Waals surface area (Å²) < 4.78 is 0. The number of nitrogens with one attached hydrogen (secondary N) is 3. The predicted octanol–water partition coefficient (Wildman–Crippen LogP) is 2.85. The third-order valence-electron chi connectivity index (χ3n) is 5.63. The maximum Gasteiger partial charge on any atom is 0.260 e. The summed E-state index contributed by atoms with van der Waals surface area (Å²) in [5.41, 5.74) is 2.84. The van der Waals surface area contributed by atoms with Crippen LogP contribution in [0.15, 0.2) is 24.3 Å². The minimum Gasteiger partial charge on any atom is -0.357 e. The van der Waals surface area contributed by atoms with Crippen LogP contribution in [0.2, 0.25) is 0 Å². The first-order chi connectivity index (χ1) is 15.4. The van der Waals surface area contributed by atoms with Crippen molar-refractivity contribution < 1.29 is 4.79 Å². The van der Waals surface area contributed by atoms with Crippen molar-refractivity contribution in [1.29, 1.82) is 10.8 Å². The molecule has 3 heterocycles. The molecule has 1 amide bonds. The molecule has 3 N–H and O–H groups in total. The standard InChI is InChI=1S/C23H32N8O/c1-6-29(7-2)21-11-16-17(19(28-21)12-26-5)13-30(23(16)32)20-10-8-9-18(27-20)22(25)31(14-24)15(3)4/h8-11,14-15,24-26H,6-7,12-13H2,1-5H3. The molecule has 0 bridgehead atoms. The molecule has 0 unspecified atom stereocenters. The van der Waals surface area contributed by atoms with Gasteiger partial charge in [0.15, 0.2) is 5.84 Å². The summed E-state index contributed by atoms with van der Waals surface area (Å²) in [6.45, 7) is 10.5. The average molecular weight is 437 g/mol. The number of rotatable bonds is 9. The smallest absolute Gasteiger partial charge is 0.260 e. The minimum absolute atomic E-state index is 0.0446. The highest BCUT2D eigenvalue weighted by atomic mass is 16.2. The third kappa shape index (κ3) is 4.34. The van der Waals surface area contributed by atoms with Crippen molar-refractivity contribution >= 4 is 29.7 Å². The van der Waals surface area contributed by atoms with E-state index in [1.165, 1.54) is 4.90 Å². The van der Waals surface area contributed by atoms with Gasteiger partial charge in [0.2, 0.25) is 0 Å². The number of nitrogens with zero attached hydrogens (tertiary/aromatic N) is 5. The van der Waals surface area contributed by atoms with Crippen molar-refractivity contribution in [2.24, 2.45) is 0 Å². The van der Waals surface area contributed by atoms with E-state index in [-0.39, 0.29) is 17.8 Å². The van der Waals surface area contributed by atoms with Gasteiger partial charge in [0.05, 0.1) is 24.1 Å². The van der Waals surface area contributed by atoms with Crippen LogP contribution in [0.3, 0.4) is 0 Å². The number of hydrogen-bond acceptors (Lipinski definition) is 7. The molecule has 2 aromatic rings. The number of carbonyl (C=O) groups excluding carboxylic acids is 1. The largest absolute Gasteiger partial charge is 0.357 e. The highest BCUT2D eigenvalue weighted by molar-refractivity contribution is 6.10. The molecule has 0 radical (unpaired) electrons. The van der Waals surface area contributed by atoms with Gasteiger partial charge >= 0.3 is 0 Å². The Morgan fingerprint density at radius 3 is 2.59 bits per heavy atom. The molecule has 0 spiro atoms. The van der Waals surface area contributed by atoms with E-state index in [0.29, 0.717) is 30.2 Å². The lowest BCUT2D eigenvalue weighted by molar-refractivity contribution is 0.0996. The Labute approximate surface area is 189 Å². The van der Waals surface area contributed by atoms with E-state index in [1.54, 1.807) is 23.1 Å². The quantitative estimate of drug-likeness (QED) is 0.412. The van der Waals surface area contributed by atoms with Crippen LogP contribution < -0.4 is 15.1 Å². The second-order valence-electron chi connectivity index (χ2n) is 7.91. The summed E-state index contributed by atoms with van der Waals surface area (Å²) in [5.74, 6) is 1.30. The Morgan fingerprint density at radius 2 is 2.00 bits per heavy atom. The fourth-order valence-corrected chi connectivity index (χ4v) is 3.87. The van der Waals surface area contributed by atoms with E-state index in [0.717, 1.165) is 36.5 Å². The summed E-state index contributed by atoms with van der Waals surface area (Å²) in [5, 5.41) is 19.2. The topological polar surface area (TPSA) is 112 Å². The van der Waals surface area contributed by atoms with Crippen molar-refractivity contribution in [2.75, 3.05) is 29.9 Å². The summed E-state index contributed by atoms with van der Waals surface area (Å²) in [4.78, 5) is 28.1. The predicted molar refractivity (Wildman–Crippen MR) is 128 cm³/mol. The molecule has 32 heavy (non-hydrogen) atoms. The second-order valence-corrected chi connectivity index (χ2v) is 7.91.